The number of nitrogens with zero attached hydrogens (tertiary/aromatic N) is 2. The van der Waals surface area contributed by atoms with Crippen molar-refractivity contribution in [3.63, 3.8) is 0 Å². The van der Waals surface area contributed by atoms with E-state index in [0.29, 0.717) is 0 Å². The van der Waals surface area contributed by atoms with Crippen LogP contribution in [0.2, 0.25) is 0 Å². The second-order valence-corrected chi connectivity index (χ2v) is 6.10. The number of oxime groups is 1. The predicted octanol–water partition coefficient (Wildman–Crippen LogP) is 0.165. The Labute approximate surface area is 133 Å². The number of carboxylic acids is 1. The maximum atomic E-state index is 11.9. The molecule has 124 valence electrons. The molecule has 0 spiro atoms. The first-order valence-electron chi connectivity index (χ1n) is 6.13. The lowest BCUT2D eigenvalue weighted by Gasteiger charge is -2.26. The molecule has 0 amide bonds. The smallest absolute Gasteiger partial charge is 0.361 e. The summed E-state index contributed by atoms with van der Waals surface area (Å²) in [6.07, 6.45) is 0. The summed E-state index contributed by atoms with van der Waals surface area (Å²) >= 11 is 4.48. The number of amidine groups is 1. The Morgan fingerprint density at radius 1 is 1.14 bits per heavy atom. The highest BCUT2D eigenvalue weighted by molar-refractivity contribution is 7.80. The average molecular weight is 332 g/mol. The van der Waals surface area contributed by atoms with Gasteiger partial charge in [-0.05, 0) is 46.8 Å². The maximum absolute atomic E-state index is 11.9. The second kappa shape index (κ2) is 7.16. The standard InChI is InChI=1S/C12H20N4O5S/c1-11(2,3)20-9(19)12(4,5)21-16-6(8(17)18)7(13)15-10(14)22/h1-5H3,(H,17,18)(H4,13,14,15,22)/b16-6-. The average Bonchev–Trinajstić information content (AvgIpc) is 2.24. The van der Waals surface area contributed by atoms with E-state index in [4.69, 9.17) is 26.1 Å². The molecule has 0 fully saturated rings. The Morgan fingerprint density at radius 2 is 1.64 bits per heavy atom. The highest BCUT2D eigenvalue weighted by Crippen LogP contribution is 2.17. The van der Waals surface area contributed by atoms with Gasteiger partial charge in [0.05, 0.1) is 0 Å². The molecule has 0 aliphatic carbocycles. The molecule has 0 radical (unpaired) electrons. The molecule has 0 atom stereocenters. The van der Waals surface area contributed by atoms with E-state index in [1.54, 1.807) is 20.8 Å². The molecule has 0 unspecified atom stereocenters. The fourth-order valence-corrected chi connectivity index (χ4v) is 1.06. The fraction of sp³-hybridized carbons (Fsp3) is 0.583. The number of nitrogens with two attached hydrogens (primary N) is 2. The SMILES string of the molecule is CC(C)(C)OC(=O)C(C)(C)O/N=C(C(=O)O)/C(N)=N/C(N)=S. The van der Waals surface area contributed by atoms with Crippen LogP contribution in [0.4, 0.5) is 0 Å². The number of rotatable bonds is 5. The topological polar surface area (TPSA) is 150 Å². The molecule has 0 aliphatic rings. The minimum absolute atomic E-state index is 0.363. The van der Waals surface area contributed by atoms with Gasteiger partial charge in [-0.3, -0.25) is 0 Å². The monoisotopic (exact) mass is 332 g/mol. The van der Waals surface area contributed by atoms with Gasteiger partial charge in [0, 0.05) is 0 Å². The van der Waals surface area contributed by atoms with Crippen molar-refractivity contribution >= 4 is 40.8 Å². The van der Waals surface area contributed by atoms with Gasteiger partial charge in [-0.1, -0.05) is 5.16 Å². The first-order chi connectivity index (χ1) is 9.76. The van der Waals surface area contributed by atoms with Gasteiger partial charge in [0.1, 0.15) is 5.60 Å². The van der Waals surface area contributed by atoms with E-state index in [2.05, 4.69) is 22.4 Å². The molecular weight excluding hydrogens is 312 g/mol. The van der Waals surface area contributed by atoms with Gasteiger partial charge in [-0.25, -0.2) is 14.6 Å². The molecule has 0 aromatic heterocycles. The van der Waals surface area contributed by atoms with Crippen LogP contribution in [-0.4, -0.2) is 44.9 Å². The lowest BCUT2D eigenvalue weighted by Crippen LogP contribution is -2.41. The zero-order chi connectivity index (χ0) is 17.7. The van der Waals surface area contributed by atoms with Gasteiger partial charge in [-0.2, -0.15) is 0 Å². The van der Waals surface area contributed by atoms with Crippen LogP contribution >= 0.6 is 12.2 Å². The summed E-state index contributed by atoms with van der Waals surface area (Å²) in [5.74, 6) is -2.78. The molecule has 0 aliphatic heterocycles. The third-order valence-corrected chi connectivity index (χ3v) is 2.02. The largest absolute Gasteiger partial charge is 0.476 e. The molecule has 0 rings (SSSR count). The number of carbonyl (C=O) groups is 2. The van der Waals surface area contributed by atoms with E-state index >= 15 is 0 Å². The van der Waals surface area contributed by atoms with Crippen molar-refractivity contribution in [2.75, 3.05) is 0 Å². The molecule has 0 heterocycles. The molecule has 0 saturated heterocycles. The molecule has 5 N–H and O–H groups in total. The molecule has 22 heavy (non-hydrogen) atoms. The number of thiocarbonyl (C=S) groups is 1. The van der Waals surface area contributed by atoms with Crippen LogP contribution in [0.1, 0.15) is 34.6 Å². The Balaban J connectivity index is 5.28. The summed E-state index contributed by atoms with van der Waals surface area (Å²) in [7, 11) is 0. The summed E-state index contributed by atoms with van der Waals surface area (Å²) < 4.78 is 5.14. The molecule has 9 nitrogen and oxygen atoms in total. The highest BCUT2D eigenvalue weighted by Gasteiger charge is 2.35. The quantitative estimate of drug-likeness (QED) is 0.212. The molecule has 0 aromatic carbocycles. The van der Waals surface area contributed by atoms with Gasteiger partial charge in [-0.15, -0.1) is 0 Å². The number of carboxylic acid groups (broad SMARTS) is 1. The molecular formula is C12H20N4O5S. The van der Waals surface area contributed by atoms with Crippen molar-refractivity contribution in [1.29, 1.82) is 0 Å². The van der Waals surface area contributed by atoms with Gasteiger partial charge in [0.25, 0.3) is 0 Å². The number of hydrogen-bond acceptors (Lipinski definition) is 6. The zero-order valence-electron chi connectivity index (χ0n) is 13.0. The minimum Gasteiger partial charge on any atom is -0.476 e. The summed E-state index contributed by atoms with van der Waals surface area (Å²) in [6, 6.07) is 0. The predicted molar refractivity (Wildman–Crippen MR) is 84.5 cm³/mol. The van der Waals surface area contributed by atoms with E-state index in [1.807, 2.05) is 0 Å². The van der Waals surface area contributed by atoms with Gasteiger partial charge in [0.15, 0.2) is 10.9 Å². The van der Waals surface area contributed by atoms with Crippen molar-refractivity contribution in [3.05, 3.63) is 0 Å². The van der Waals surface area contributed by atoms with Crippen LogP contribution in [0.3, 0.4) is 0 Å². The Bertz CT molecular complexity index is 534. The van der Waals surface area contributed by atoms with Gasteiger partial charge < -0.3 is 26.1 Å². The molecule has 0 saturated carbocycles. The Hall–Kier alpha value is -2.23. The third kappa shape index (κ3) is 6.97. The van der Waals surface area contributed by atoms with Crippen LogP contribution in [-0.2, 0) is 19.2 Å². The van der Waals surface area contributed by atoms with Crippen molar-refractivity contribution in [2.24, 2.45) is 21.6 Å². The van der Waals surface area contributed by atoms with Gasteiger partial charge in [0.2, 0.25) is 11.3 Å². The first kappa shape index (κ1) is 19.8. The minimum atomic E-state index is -1.53. The number of carbonyl (C=O) groups excluding carboxylic acids is 1. The number of ether oxygens (including phenoxy) is 1. The second-order valence-electron chi connectivity index (χ2n) is 5.68. The summed E-state index contributed by atoms with van der Waals surface area (Å²) in [5.41, 5.74) is 7.54. The summed E-state index contributed by atoms with van der Waals surface area (Å²) in [5, 5.41) is 12.0. The first-order valence-corrected chi connectivity index (χ1v) is 6.54. The summed E-state index contributed by atoms with van der Waals surface area (Å²) in [4.78, 5) is 31.4. The lowest BCUT2D eigenvalue weighted by molar-refractivity contribution is -0.179. The number of esters is 1. The fourth-order valence-electron chi connectivity index (χ4n) is 0.965. The van der Waals surface area contributed by atoms with Crippen LogP contribution in [0.5, 0.6) is 0 Å². The third-order valence-electron chi connectivity index (χ3n) is 1.93. The Morgan fingerprint density at radius 3 is 2.00 bits per heavy atom. The number of aliphatic imine (C=N–C) groups is 1. The van der Waals surface area contributed by atoms with Crippen LogP contribution < -0.4 is 11.5 Å². The number of hydrogen-bond donors (Lipinski definition) is 3. The highest BCUT2D eigenvalue weighted by atomic mass is 32.1. The maximum Gasteiger partial charge on any atom is 0.361 e. The van der Waals surface area contributed by atoms with Crippen molar-refractivity contribution in [3.8, 4) is 0 Å². The van der Waals surface area contributed by atoms with Gasteiger partial charge >= 0.3 is 11.9 Å². The summed E-state index contributed by atoms with van der Waals surface area (Å²) in [6.45, 7) is 7.77. The van der Waals surface area contributed by atoms with Crippen molar-refractivity contribution in [2.45, 2.75) is 45.8 Å². The van der Waals surface area contributed by atoms with Crippen LogP contribution in [0, 0.1) is 0 Å². The normalized spacial score (nSPS) is 13.5. The van der Waals surface area contributed by atoms with Crippen molar-refractivity contribution < 1.29 is 24.3 Å². The lowest BCUT2D eigenvalue weighted by atomic mass is 10.1. The molecule has 0 aromatic rings. The zero-order valence-corrected chi connectivity index (χ0v) is 13.9. The van der Waals surface area contributed by atoms with Crippen LogP contribution in [0.15, 0.2) is 10.1 Å². The van der Waals surface area contributed by atoms with E-state index in [-0.39, 0.29) is 5.11 Å². The van der Waals surface area contributed by atoms with Crippen LogP contribution in [0.25, 0.3) is 0 Å². The van der Waals surface area contributed by atoms with E-state index in [1.165, 1.54) is 13.8 Å². The van der Waals surface area contributed by atoms with E-state index in [0.717, 1.165) is 0 Å². The number of aliphatic carboxylic acids is 1. The Kier molecular flexibility index (Phi) is 6.43. The van der Waals surface area contributed by atoms with E-state index < -0.39 is 34.7 Å². The van der Waals surface area contributed by atoms with Crippen molar-refractivity contribution in [1.82, 2.24) is 0 Å². The molecule has 10 heteroatoms. The van der Waals surface area contributed by atoms with E-state index in [9.17, 15) is 9.59 Å². The molecule has 0 bridgehead atoms.